The lowest BCUT2D eigenvalue weighted by Gasteiger charge is -1.78. The number of hydrogen-bond donors (Lipinski definition) is 1. The second-order valence-electron chi connectivity index (χ2n) is 0.885. The van der Waals surface area contributed by atoms with Gasteiger partial charge in [-0.05, 0) is 0 Å². The van der Waals surface area contributed by atoms with Crippen molar-refractivity contribution in [3.05, 3.63) is 12.7 Å². The normalized spacial score (nSPS) is 8.57. The molecular weight excluding hydrogens is 94.1 g/mol. The third-order valence-electron chi connectivity index (χ3n) is 0.439. The minimum absolute atomic E-state index is 0.296. The van der Waals surface area contributed by atoms with E-state index in [9.17, 15) is 0 Å². The Morgan fingerprint density at radius 2 is 2.57 bits per heavy atom. The van der Waals surface area contributed by atoms with Gasteiger partial charge in [0.05, 0.1) is 0 Å². The summed E-state index contributed by atoms with van der Waals surface area (Å²) in [4.78, 5) is 9.81. The first-order valence-electron chi connectivity index (χ1n) is 1.63. The highest BCUT2D eigenvalue weighted by Crippen LogP contribution is 1.86. The summed E-state index contributed by atoms with van der Waals surface area (Å²) in [6.45, 7) is 0. The molecular formula is C3H2N3O. The smallest absolute Gasteiger partial charge is 0.317 e. The fraction of sp³-hybridized carbons (Fsp3) is 0. The van der Waals surface area contributed by atoms with Crippen molar-refractivity contribution in [2.75, 3.05) is 0 Å². The molecule has 1 rings (SSSR count). The predicted octanol–water partition coefficient (Wildman–Crippen LogP) is -0.623. The molecule has 1 N–H and O–H groups in total. The average molecular weight is 96.1 g/mol. The number of hydrogen-bond acceptors (Lipinski definition) is 4. The van der Waals surface area contributed by atoms with Crippen LogP contribution in [0.2, 0.25) is 0 Å². The van der Waals surface area contributed by atoms with Gasteiger partial charge >= 0.3 is 6.01 Å². The molecule has 0 spiro atoms. The Hall–Kier alpha value is -1.19. The molecule has 0 aliphatic heterocycles. The van der Waals surface area contributed by atoms with Gasteiger partial charge in [0.1, 0.15) is 6.33 Å². The highest BCUT2D eigenvalue weighted by Gasteiger charge is 1.80. The van der Waals surface area contributed by atoms with Crippen molar-refractivity contribution in [3.63, 3.8) is 0 Å². The number of nitrogens with zero attached hydrogens (tertiary/aromatic N) is 3. The zero-order valence-electron chi connectivity index (χ0n) is 3.37. The van der Waals surface area contributed by atoms with E-state index < -0.39 is 0 Å². The molecule has 0 saturated carbocycles. The van der Waals surface area contributed by atoms with Crippen LogP contribution in [-0.4, -0.2) is 20.1 Å². The Labute approximate surface area is 39.9 Å². The van der Waals surface area contributed by atoms with E-state index in [2.05, 4.69) is 21.3 Å². The molecule has 0 unspecified atom stereocenters. The zero-order chi connectivity index (χ0) is 5.11. The third kappa shape index (κ3) is 0.819. The van der Waals surface area contributed by atoms with Gasteiger partial charge in [0.25, 0.3) is 0 Å². The Kier molecular flexibility index (Phi) is 0.856. The molecule has 7 heavy (non-hydrogen) atoms. The van der Waals surface area contributed by atoms with E-state index in [1.165, 1.54) is 6.33 Å². The number of aromatic hydroxyl groups is 1. The Morgan fingerprint density at radius 1 is 1.71 bits per heavy atom. The molecule has 1 aromatic heterocycles. The quantitative estimate of drug-likeness (QED) is 0.467. The van der Waals surface area contributed by atoms with Crippen molar-refractivity contribution in [2.45, 2.75) is 0 Å². The lowest BCUT2D eigenvalue weighted by molar-refractivity contribution is 0.427. The van der Waals surface area contributed by atoms with Crippen LogP contribution in [-0.2, 0) is 0 Å². The number of aromatic nitrogens is 3. The van der Waals surface area contributed by atoms with E-state index in [1.54, 1.807) is 0 Å². The summed E-state index contributed by atoms with van der Waals surface area (Å²) in [5.41, 5.74) is 0. The highest BCUT2D eigenvalue weighted by atomic mass is 16.3. The highest BCUT2D eigenvalue weighted by molar-refractivity contribution is 4.80. The van der Waals surface area contributed by atoms with Crippen LogP contribution in [0, 0.1) is 6.33 Å². The average Bonchev–Trinajstić information content (AvgIpc) is 1.69. The maximum Gasteiger partial charge on any atom is 0.317 e. The summed E-state index contributed by atoms with van der Waals surface area (Å²) in [7, 11) is 0. The Balaban J connectivity index is 3.02. The standard InChI is InChI=1S/C3H2N3O/c7-3-5-1-4-2-6-3/h1H,(H,4,5,6,7). The van der Waals surface area contributed by atoms with Gasteiger partial charge in [-0.15, -0.1) is 0 Å². The SMILES string of the molecule is Oc1n[c]ncn1. The van der Waals surface area contributed by atoms with Crippen LogP contribution in [0.4, 0.5) is 0 Å². The topological polar surface area (TPSA) is 58.9 Å². The first-order chi connectivity index (χ1) is 3.39. The Morgan fingerprint density at radius 3 is 2.86 bits per heavy atom. The second-order valence-corrected chi connectivity index (χ2v) is 0.885. The van der Waals surface area contributed by atoms with Gasteiger partial charge in [-0.3, -0.25) is 0 Å². The maximum atomic E-state index is 8.34. The third-order valence-corrected chi connectivity index (χ3v) is 0.439. The Bertz CT molecular complexity index is 140. The van der Waals surface area contributed by atoms with Crippen molar-refractivity contribution in [3.8, 4) is 6.01 Å². The molecule has 0 saturated heterocycles. The van der Waals surface area contributed by atoms with Crippen molar-refractivity contribution < 1.29 is 5.11 Å². The van der Waals surface area contributed by atoms with Crippen LogP contribution in [0.15, 0.2) is 6.33 Å². The van der Waals surface area contributed by atoms with Crippen molar-refractivity contribution >= 4 is 0 Å². The molecule has 0 aromatic carbocycles. The molecule has 0 aliphatic carbocycles. The lowest BCUT2D eigenvalue weighted by atomic mass is 11.0. The van der Waals surface area contributed by atoms with Crippen molar-refractivity contribution in [1.82, 2.24) is 15.0 Å². The van der Waals surface area contributed by atoms with E-state index in [4.69, 9.17) is 5.11 Å². The first kappa shape index (κ1) is 3.98. The molecule has 1 heterocycles. The van der Waals surface area contributed by atoms with Crippen molar-refractivity contribution in [2.24, 2.45) is 0 Å². The first-order valence-corrected chi connectivity index (χ1v) is 1.63. The summed E-state index contributed by atoms with van der Waals surface area (Å²) < 4.78 is 0. The van der Waals surface area contributed by atoms with Gasteiger partial charge in [0, 0.05) is 0 Å². The van der Waals surface area contributed by atoms with E-state index in [0.717, 1.165) is 0 Å². The van der Waals surface area contributed by atoms with Crippen LogP contribution in [0.25, 0.3) is 0 Å². The number of rotatable bonds is 0. The monoisotopic (exact) mass is 96.0 g/mol. The molecule has 35 valence electrons. The summed E-state index contributed by atoms with van der Waals surface area (Å²) in [6.07, 6.45) is 3.32. The van der Waals surface area contributed by atoms with Crippen LogP contribution >= 0.6 is 0 Å². The summed E-state index contributed by atoms with van der Waals surface area (Å²) in [5.74, 6) is 0. The maximum absolute atomic E-state index is 8.34. The minimum Gasteiger partial charge on any atom is -0.479 e. The molecule has 0 amide bonds. The van der Waals surface area contributed by atoms with E-state index >= 15 is 0 Å². The summed E-state index contributed by atoms with van der Waals surface area (Å²) in [6, 6.07) is -0.296. The van der Waals surface area contributed by atoms with Crippen LogP contribution in [0.3, 0.4) is 0 Å². The van der Waals surface area contributed by atoms with Gasteiger partial charge in [0.2, 0.25) is 6.33 Å². The molecule has 1 aromatic rings. The second kappa shape index (κ2) is 1.51. The van der Waals surface area contributed by atoms with Gasteiger partial charge < -0.3 is 5.11 Å². The van der Waals surface area contributed by atoms with E-state index in [1.807, 2.05) is 0 Å². The summed E-state index contributed by atoms with van der Waals surface area (Å²) >= 11 is 0. The molecule has 4 nitrogen and oxygen atoms in total. The van der Waals surface area contributed by atoms with Gasteiger partial charge in [-0.2, -0.15) is 9.97 Å². The fourth-order valence-corrected chi connectivity index (χ4v) is 0.209. The molecule has 0 aliphatic rings. The van der Waals surface area contributed by atoms with Crippen LogP contribution in [0.5, 0.6) is 6.01 Å². The van der Waals surface area contributed by atoms with Crippen LogP contribution < -0.4 is 0 Å². The molecule has 0 atom stereocenters. The molecule has 1 radical (unpaired) electrons. The summed E-state index contributed by atoms with van der Waals surface area (Å²) in [5, 5.41) is 8.34. The van der Waals surface area contributed by atoms with E-state index in [-0.39, 0.29) is 6.01 Å². The van der Waals surface area contributed by atoms with E-state index in [0.29, 0.717) is 0 Å². The zero-order valence-corrected chi connectivity index (χ0v) is 3.37. The molecule has 4 heteroatoms. The predicted molar refractivity (Wildman–Crippen MR) is 20.3 cm³/mol. The van der Waals surface area contributed by atoms with Crippen LogP contribution in [0.1, 0.15) is 0 Å². The fourth-order valence-electron chi connectivity index (χ4n) is 0.209. The van der Waals surface area contributed by atoms with Gasteiger partial charge in [0.15, 0.2) is 0 Å². The molecule has 0 fully saturated rings. The lowest BCUT2D eigenvalue weighted by Crippen LogP contribution is -1.79. The molecule has 0 bridgehead atoms. The van der Waals surface area contributed by atoms with Gasteiger partial charge in [-0.25, -0.2) is 4.98 Å². The largest absolute Gasteiger partial charge is 0.479 e. The van der Waals surface area contributed by atoms with Crippen molar-refractivity contribution in [1.29, 1.82) is 0 Å². The minimum atomic E-state index is -0.296. The van der Waals surface area contributed by atoms with Gasteiger partial charge in [-0.1, -0.05) is 0 Å².